The molecule has 1 heterocycles. The van der Waals surface area contributed by atoms with Crippen LogP contribution in [-0.2, 0) is 6.54 Å². The lowest BCUT2D eigenvalue weighted by Crippen LogP contribution is -2.33. The van der Waals surface area contributed by atoms with Crippen LogP contribution in [0, 0.1) is 20.8 Å². The molecular weight excluding hydrogens is 400 g/mol. The molecular formula is C27H26N2O3. The second kappa shape index (κ2) is 8.71. The average Bonchev–Trinajstić information content (AvgIpc) is 2.79. The molecule has 0 bridgehead atoms. The molecule has 0 aliphatic heterocycles. The molecule has 0 aliphatic carbocycles. The van der Waals surface area contributed by atoms with Crippen molar-refractivity contribution in [3.63, 3.8) is 0 Å². The number of pyridine rings is 1. The van der Waals surface area contributed by atoms with E-state index in [4.69, 9.17) is 4.74 Å². The quantitative estimate of drug-likeness (QED) is 0.470. The third-order valence-electron chi connectivity index (χ3n) is 5.64. The lowest BCUT2D eigenvalue weighted by Gasteiger charge is -2.26. The van der Waals surface area contributed by atoms with Crippen molar-refractivity contribution < 1.29 is 9.53 Å². The molecule has 1 amide bonds. The lowest BCUT2D eigenvalue weighted by molar-refractivity contribution is 0.0982. The van der Waals surface area contributed by atoms with Crippen LogP contribution in [0.15, 0.2) is 71.5 Å². The second-order valence-electron chi connectivity index (χ2n) is 8.10. The Bertz CT molecular complexity index is 1370. The minimum absolute atomic E-state index is 0.139. The van der Waals surface area contributed by atoms with Gasteiger partial charge in [-0.2, -0.15) is 0 Å². The standard InChI is InChI=1S/C27H26N2O3/c1-17-10-12-23-20(13-17)15-21(26(30)28-23)16-29(24-14-18(2)9-11-19(24)3)27(31)22-7-5-6-8-25(22)32-4/h5-15H,16H2,1-4H3,(H,28,30). The number of carbonyl (C=O) groups is 1. The number of H-pyrrole nitrogens is 1. The Hall–Kier alpha value is -3.86. The summed E-state index contributed by atoms with van der Waals surface area (Å²) in [5, 5.41) is 0.935. The molecule has 0 atom stereocenters. The molecule has 162 valence electrons. The minimum Gasteiger partial charge on any atom is -0.496 e. The zero-order valence-corrected chi connectivity index (χ0v) is 18.7. The number of aryl methyl sites for hydroxylation is 3. The van der Waals surface area contributed by atoms with Crippen LogP contribution < -0.4 is 15.2 Å². The van der Waals surface area contributed by atoms with E-state index in [1.54, 1.807) is 24.1 Å². The number of rotatable bonds is 5. The Morgan fingerprint density at radius 1 is 0.938 bits per heavy atom. The van der Waals surface area contributed by atoms with Crippen molar-refractivity contribution in [2.75, 3.05) is 12.0 Å². The summed E-state index contributed by atoms with van der Waals surface area (Å²) < 4.78 is 5.44. The fourth-order valence-electron chi connectivity index (χ4n) is 3.90. The van der Waals surface area contributed by atoms with Gasteiger partial charge in [0.05, 0.1) is 19.2 Å². The molecule has 5 nitrogen and oxygen atoms in total. The van der Waals surface area contributed by atoms with Gasteiger partial charge in [0.2, 0.25) is 0 Å². The van der Waals surface area contributed by atoms with Crippen molar-refractivity contribution in [2.24, 2.45) is 0 Å². The number of aromatic amines is 1. The maximum absolute atomic E-state index is 13.8. The maximum Gasteiger partial charge on any atom is 0.262 e. The summed E-state index contributed by atoms with van der Waals surface area (Å²) in [5.74, 6) is 0.274. The fourth-order valence-corrected chi connectivity index (χ4v) is 3.90. The summed E-state index contributed by atoms with van der Waals surface area (Å²) in [6.45, 7) is 6.10. The maximum atomic E-state index is 13.8. The highest BCUT2D eigenvalue weighted by atomic mass is 16.5. The van der Waals surface area contributed by atoms with E-state index in [0.717, 1.165) is 33.3 Å². The topological polar surface area (TPSA) is 62.4 Å². The molecule has 0 aliphatic rings. The number of hydrogen-bond donors (Lipinski definition) is 1. The number of fused-ring (bicyclic) bond motifs is 1. The third kappa shape index (κ3) is 4.14. The van der Waals surface area contributed by atoms with Crippen LogP contribution in [0.3, 0.4) is 0 Å². The fraction of sp³-hybridized carbons (Fsp3) is 0.185. The lowest BCUT2D eigenvalue weighted by atomic mass is 10.1. The Labute approximate surface area is 187 Å². The van der Waals surface area contributed by atoms with Crippen LogP contribution in [-0.4, -0.2) is 18.0 Å². The molecule has 5 heteroatoms. The highest BCUT2D eigenvalue weighted by Crippen LogP contribution is 2.28. The Kier molecular flexibility index (Phi) is 5.82. The number of para-hydroxylation sites is 1. The number of nitrogens with zero attached hydrogens (tertiary/aromatic N) is 1. The number of hydrogen-bond acceptors (Lipinski definition) is 3. The van der Waals surface area contributed by atoms with Gasteiger partial charge in [0.15, 0.2) is 0 Å². The summed E-state index contributed by atoms with van der Waals surface area (Å²) in [6, 6.07) is 20.9. The van der Waals surface area contributed by atoms with E-state index in [2.05, 4.69) is 4.98 Å². The van der Waals surface area contributed by atoms with Gasteiger partial charge in [0.25, 0.3) is 11.5 Å². The molecule has 3 aromatic carbocycles. The number of nitrogens with one attached hydrogen (secondary N) is 1. The molecule has 1 N–H and O–H groups in total. The molecule has 0 saturated heterocycles. The highest BCUT2D eigenvalue weighted by molar-refractivity contribution is 6.08. The first-order valence-corrected chi connectivity index (χ1v) is 10.5. The summed E-state index contributed by atoms with van der Waals surface area (Å²) in [7, 11) is 1.55. The first-order chi connectivity index (χ1) is 15.4. The normalized spacial score (nSPS) is 10.9. The van der Waals surface area contributed by atoms with Crippen molar-refractivity contribution in [1.82, 2.24) is 4.98 Å². The zero-order valence-electron chi connectivity index (χ0n) is 18.7. The average molecular weight is 427 g/mol. The smallest absolute Gasteiger partial charge is 0.262 e. The predicted molar refractivity (Wildman–Crippen MR) is 129 cm³/mol. The van der Waals surface area contributed by atoms with Crippen molar-refractivity contribution in [3.8, 4) is 5.75 Å². The summed E-state index contributed by atoms with van der Waals surface area (Å²) in [6.07, 6.45) is 0. The van der Waals surface area contributed by atoms with Crippen LogP contribution in [0.5, 0.6) is 5.75 Å². The van der Waals surface area contributed by atoms with E-state index in [1.807, 2.05) is 75.4 Å². The molecule has 0 fully saturated rings. The van der Waals surface area contributed by atoms with Gasteiger partial charge in [0, 0.05) is 16.8 Å². The van der Waals surface area contributed by atoms with Gasteiger partial charge in [-0.3, -0.25) is 9.59 Å². The van der Waals surface area contributed by atoms with Gasteiger partial charge < -0.3 is 14.6 Å². The second-order valence-corrected chi connectivity index (χ2v) is 8.10. The van der Waals surface area contributed by atoms with E-state index < -0.39 is 0 Å². The number of aromatic nitrogens is 1. The molecule has 32 heavy (non-hydrogen) atoms. The van der Waals surface area contributed by atoms with Gasteiger partial charge in [-0.15, -0.1) is 0 Å². The van der Waals surface area contributed by atoms with Gasteiger partial charge in [-0.25, -0.2) is 0 Å². The Morgan fingerprint density at radius 2 is 1.66 bits per heavy atom. The van der Waals surface area contributed by atoms with Crippen LogP contribution in [0.25, 0.3) is 10.9 Å². The first kappa shape index (κ1) is 21.4. The molecule has 0 unspecified atom stereocenters. The van der Waals surface area contributed by atoms with E-state index in [0.29, 0.717) is 16.9 Å². The molecule has 1 aromatic heterocycles. The van der Waals surface area contributed by atoms with E-state index in [1.165, 1.54) is 0 Å². The monoisotopic (exact) mass is 426 g/mol. The van der Waals surface area contributed by atoms with Crippen LogP contribution in [0.2, 0.25) is 0 Å². The van der Waals surface area contributed by atoms with Gasteiger partial charge >= 0.3 is 0 Å². The van der Waals surface area contributed by atoms with Crippen molar-refractivity contribution in [3.05, 3.63) is 105 Å². The predicted octanol–water partition coefficient (Wildman–Crippen LogP) is 5.31. The van der Waals surface area contributed by atoms with Crippen molar-refractivity contribution >= 4 is 22.5 Å². The first-order valence-electron chi connectivity index (χ1n) is 10.5. The van der Waals surface area contributed by atoms with E-state index in [9.17, 15) is 9.59 Å². The number of ether oxygens (including phenoxy) is 1. The van der Waals surface area contributed by atoms with Crippen LogP contribution in [0.1, 0.15) is 32.6 Å². The van der Waals surface area contributed by atoms with Gasteiger partial charge in [-0.1, -0.05) is 35.9 Å². The van der Waals surface area contributed by atoms with Crippen molar-refractivity contribution in [2.45, 2.75) is 27.3 Å². The highest BCUT2D eigenvalue weighted by Gasteiger charge is 2.24. The van der Waals surface area contributed by atoms with Crippen LogP contribution in [0.4, 0.5) is 5.69 Å². The Balaban J connectivity index is 1.86. The van der Waals surface area contributed by atoms with Gasteiger partial charge in [0.1, 0.15) is 5.75 Å². The minimum atomic E-state index is -0.222. The molecule has 4 aromatic rings. The molecule has 0 saturated carbocycles. The van der Waals surface area contributed by atoms with Gasteiger partial charge in [-0.05, 0) is 73.7 Å². The third-order valence-corrected chi connectivity index (χ3v) is 5.64. The van der Waals surface area contributed by atoms with Crippen LogP contribution >= 0.6 is 0 Å². The SMILES string of the molecule is COc1ccccc1C(=O)N(Cc1cc2cc(C)ccc2[nH]c1=O)c1cc(C)ccc1C. The van der Waals surface area contributed by atoms with E-state index >= 15 is 0 Å². The largest absolute Gasteiger partial charge is 0.496 e. The number of methoxy groups -OCH3 is 1. The van der Waals surface area contributed by atoms with E-state index in [-0.39, 0.29) is 18.0 Å². The summed E-state index contributed by atoms with van der Waals surface area (Å²) in [5.41, 5.74) is 5.40. The van der Waals surface area contributed by atoms with Crippen molar-refractivity contribution in [1.29, 1.82) is 0 Å². The number of anilines is 1. The molecule has 4 rings (SSSR count). The molecule has 0 radical (unpaired) electrons. The summed E-state index contributed by atoms with van der Waals surface area (Å²) >= 11 is 0. The number of amides is 1. The molecule has 0 spiro atoms. The number of carbonyl (C=O) groups excluding carboxylic acids is 1. The number of benzene rings is 3. The zero-order chi connectivity index (χ0) is 22.8. The summed E-state index contributed by atoms with van der Waals surface area (Å²) in [4.78, 5) is 31.3. The Morgan fingerprint density at radius 3 is 2.44 bits per heavy atom.